The Balaban J connectivity index is 2.14. The zero-order valence-electron chi connectivity index (χ0n) is 12.6. The first-order valence-corrected chi connectivity index (χ1v) is 8.18. The summed E-state index contributed by atoms with van der Waals surface area (Å²) in [6, 6.07) is -0.0641. The largest absolute Gasteiger partial charge is 0.335 e. The second kappa shape index (κ2) is 5.85. The van der Waals surface area contributed by atoms with Crippen LogP contribution in [0.5, 0.6) is 0 Å². The van der Waals surface area contributed by atoms with Gasteiger partial charge in [-0.05, 0) is 54.9 Å². The highest BCUT2D eigenvalue weighted by atomic mass is 79.9. The summed E-state index contributed by atoms with van der Waals surface area (Å²) >= 11 is 3.46. The van der Waals surface area contributed by atoms with Crippen LogP contribution in [0.2, 0.25) is 0 Å². The number of allylic oxidation sites excluding steroid dienone is 4. The smallest absolute Gasteiger partial charge is 0.317 e. The predicted octanol–water partition coefficient (Wildman–Crippen LogP) is 3.11. The van der Waals surface area contributed by atoms with Crippen molar-refractivity contribution < 1.29 is 4.79 Å². The van der Waals surface area contributed by atoms with E-state index in [9.17, 15) is 4.79 Å². The first-order chi connectivity index (χ1) is 10.6. The number of halogens is 1. The van der Waals surface area contributed by atoms with Crippen molar-refractivity contribution >= 4 is 22.0 Å². The van der Waals surface area contributed by atoms with Gasteiger partial charge in [0.2, 0.25) is 0 Å². The lowest BCUT2D eigenvalue weighted by molar-refractivity contribution is 0.132. The van der Waals surface area contributed by atoms with Gasteiger partial charge in [-0.1, -0.05) is 18.7 Å². The van der Waals surface area contributed by atoms with Gasteiger partial charge < -0.3 is 5.32 Å². The summed E-state index contributed by atoms with van der Waals surface area (Å²) in [5.41, 5.74) is 0.395. The standard InChI is InChI=1S/C16H19BrN4O/c1-3-4-5-13(12(2)17)21-15(22)20-11-10-19-14(20)16(21)6-8-18-9-7-16/h3-5,10-11,18H,2,6-9H2,1H3/b4-3-,13-5+. The van der Waals surface area contributed by atoms with Gasteiger partial charge in [0.1, 0.15) is 11.4 Å². The molecule has 2 aliphatic rings. The van der Waals surface area contributed by atoms with Crippen LogP contribution in [-0.4, -0.2) is 33.6 Å². The third kappa shape index (κ3) is 2.18. The van der Waals surface area contributed by atoms with Crippen LogP contribution < -0.4 is 5.32 Å². The van der Waals surface area contributed by atoms with E-state index in [1.54, 1.807) is 17.0 Å². The van der Waals surface area contributed by atoms with Gasteiger partial charge in [0, 0.05) is 16.9 Å². The van der Waals surface area contributed by atoms with E-state index in [1.807, 2.05) is 30.1 Å². The Morgan fingerprint density at radius 1 is 1.50 bits per heavy atom. The van der Waals surface area contributed by atoms with Gasteiger partial charge in [0.05, 0.1) is 5.70 Å². The van der Waals surface area contributed by atoms with Crippen molar-refractivity contribution in [1.82, 2.24) is 19.8 Å². The quantitative estimate of drug-likeness (QED) is 0.840. The molecular weight excluding hydrogens is 344 g/mol. The highest BCUT2D eigenvalue weighted by molar-refractivity contribution is 9.11. The van der Waals surface area contributed by atoms with E-state index in [4.69, 9.17) is 0 Å². The summed E-state index contributed by atoms with van der Waals surface area (Å²) < 4.78 is 2.35. The van der Waals surface area contributed by atoms with Crippen LogP contribution in [0, 0.1) is 0 Å². The third-order valence-corrected chi connectivity index (χ3v) is 4.68. The Bertz CT molecular complexity index is 667. The zero-order valence-corrected chi connectivity index (χ0v) is 14.1. The van der Waals surface area contributed by atoms with Crippen LogP contribution in [-0.2, 0) is 5.54 Å². The van der Waals surface area contributed by atoms with Crippen LogP contribution in [0.25, 0.3) is 0 Å². The maximum atomic E-state index is 12.9. The number of aromatic nitrogens is 2. The number of nitrogens with zero attached hydrogens (tertiary/aromatic N) is 3. The van der Waals surface area contributed by atoms with Gasteiger partial charge in [-0.3, -0.25) is 9.47 Å². The van der Waals surface area contributed by atoms with Gasteiger partial charge in [-0.25, -0.2) is 9.78 Å². The molecule has 22 heavy (non-hydrogen) atoms. The lowest BCUT2D eigenvalue weighted by atomic mass is 9.86. The van der Waals surface area contributed by atoms with Crippen molar-refractivity contribution in [2.24, 2.45) is 0 Å². The van der Waals surface area contributed by atoms with E-state index in [2.05, 4.69) is 32.8 Å². The molecule has 116 valence electrons. The van der Waals surface area contributed by atoms with Gasteiger partial charge in [-0.2, -0.15) is 0 Å². The van der Waals surface area contributed by atoms with Crippen LogP contribution in [0.4, 0.5) is 4.79 Å². The Morgan fingerprint density at radius 2 is 2.23 bits per heavy atom. The Labute approximate surface area is 138 Å². The summed E-state index contributed by atoms with van der Waals surface area (Å²) in [7, 11) is 0. The highest BCUT2D eigenvalue weighted by Gasteiger charge is 2.53. The molecule has 0 aliphatic carbocycles. The molecule has 3 heterocycles. The number of carbonyl (C=O) groups is 1. The second-order valence-corrected chi connectivity index (χ2v) is 6.46. The molecule has 6 heteroatoms. The predicted molar refractivity (Wildman–Crippen MR) is 89.6 cm³/mol. The second-order valence-electron chi connectivity index (χ2n) is 5.50. The number of fused-ring (bicyclic) bond motifs is 2. The van der Waals surface area contributed by atoms with Crippen molar-refractivity contribution in [2.75, 3.05) is 13.1 Å². The van der Waals surface area contributed by atoms with Gasteiger partial charge in [0.25, 0.3) is 0 Å². The lowest BCUT2D eigenvalue weighted by Gasteiger charge is -2.41. The molecule has 0 bridgehead atoms. The summed E-state index contributed by atoms with van der Waals surface area (Å²) in [6.07, 6.45) is 10.9. The average molecular weight is 363 g/mol. The molecule has 0 aromatic carbocycles. The summed E-state index contributed by atoms with van der Waals surface area (Å²) in [4.78, 5) is 19.3. The molecule has 1 saturated heterocycles. The molecule has 1 aromatic rings. The minimum absolute atomic E-state index is 0.0641. The van der Waals surface area contributed by atoms with Gasteiger partial charge >= 0.3 is 6.03 Å². The molecule has 5 nitrogen and oxygen atoms in total. The van der Waals surface area contributed by atoms with Crippen molar-refractivity contribution in [3.8, 4) is 0 Å². The maximum Gasteiger partial charge on any atom is 0.335 e. The molecule has 1 N–H and O–H groups in total. The first-order valence-electron chi connectivity index (χ1n) is 7.38. The van der Waals surface area contributed by atoms with E-state index >= 15 is 0 Å². The zero-order chi connectivity index (χ0) is 15.7. The molecular formula is C16H19BrN4O. The van der Waals surface area contributed by atoms with Crippen LogP contribution in [0.3, 0.4) is 0 Å². The number of amides is 1. The Morgan fingerprint density at radius 3 is 2.86 bits per heavy atom. The van der Waals surface area contributed by atoms with Gasteiger partial charge in [-0.15, -0.1) is 0 Å². The van der Waals surface area contributed by atoms with E-state index in [0.717, 1.165) is 37.5 Å². The number of hydrogen-bond donors (Lipinski definition) is 1. The molecule has 0 unspecified atom stereocenters. The fourth-order valence-corrected chi connectivity index (χ4v) is 3.60. The molecule has 3 rings (SSSR count). The minimum atomic E-state index is -0.393. The summed E-state index contributed by atoms with van der Waals surface area (Å²) in [6.45, 7) is 7.66. The minimum Gasteiger partial charge on any atom is -0.317 e. The highest BCUT2D eigenvalue weighted by Crippen LogP contribution is 2.45. The van der Waals surface area contributed by atoms with Crippen molar-refractivity contribution in [1.29, 1.82) is 0 Å². The molecule has 1 spiro atoms. The van der Waals surface area contributed by atoms with E-state index in [1.165, 1.54) is 0 Å². The van der Waals surface area contributed by atoms with Crippen LogP contribution in [0.1, 0.15) is 25.6 Å². The third-order valence-electron chi connectivity index (χ3n) is 4.28. The van der Waals surface area contributed by atoms with Crippen molar-refractivity contribution in [3.63, 3.8) is 0 Å². The Hall–Kier alpha value is -1.66. The SMILES string of the molecule is C=C(Br)/C(=C\C=C/C)N1C(=O)n2ccnc2C12CCNCC2. The van der Waals surface area contributed by atoms with Crippen molar-refractivity contribution in [2.45, 2.75) is 25.3 Å². The normalized spacial score (nSPS) is 20.9. The topological polar surface area (TPSA) is 50.2 Å². The van der Waals surface area contributed by atoms with Crippen molar-refractivity contribution in [3.05, 3.63) is 53.2 Å². The first kappa shape index (κ1) is 15.2. The molecule has 0 atom stereocenters. The lowest BCUT2D eigenvalue weighted by Crippen LogP contribution is -2.50. The molecule has 1 amide bonds. The molecule has 0 saturated carbocycles. The van der Waals surface area contributed by atoms with E-state index in [0.29, 0.717) is 4.48 Å². The summed E-state index contributed by atoms with van der Waals surface area (Å²) in [5, 5.41) is 3.36. The van der Waals surface area contributed by atoms with Crippen LogP contribution >= 0.6 is 15.9 Å². The molecule has 1 fully saturated rings. The molecule has 2 aliphatic heterocycles. The monoisotopic (exact) mass is 362 g/mol. The maximum absolute atomic E-state index is 12.9. The van der Waals surface area contributed by atoms with E-state index < -0.39 is 5.54 Å². The summed E-state index contributed by atoms with van der Waals surface area (Å²) in [5.74, 6) is 0.833. The number of piperidine rings is 1. The molecule has 1 aromatic heterocycles. The fourth-order valence-electron chi connectivity index (χ4n) is 3.29. The van der Waals surface area contributed by atoms with E-state index in [-0.39, 0.29) is 6.03 Å². The number of imidazole rings is 1. The fraction of sp³-hybridized carbons (Fsp3) is 0.375. The average Bonchev–Trinajstić information content (AvgIpc) is 3.07. The number of rotatable bonds is 3. The number of hydrogen-bond acceptors (Lipinski definition) is 3. The number of nitrogens with one attached hydrogen (secondary N) is 1. The Kier molecular flexibility index (Phi) is 4.06. The molecule has 0 radical (unpaired) electrons. The van der Waals surface area contributed by atoms with Crippen LogP contribution in [0.15, 0.2) is 47.4 Å². The van der Waals surface area contributed by atoms with Gasteiger partial charge in [0.15, 0.2) is 0 Å². The number of carbonyl (C=O) groups excluding carboxylic acids is 1.